The summed E-state index contributed by atoms with van der Waals surface area (Å²) in [4.78, 5) is 12.1. The van der Waals surface area contributed by atoms with Crippen LogP contribution >= 0.6 is 0 Å². The number of esters is 1. The number of nitrogens with zero attached hydrogens (tertiary/aromatic N) is 1. The Kier molecular flexibility index (Phi) is 6.55. The van der Waals surface area contributed by atoms with Gasteiger partial charge in [-0.25, -0.2) is 4.79 Å². The van der Waals surface area contributed by atoms with E-state index in [-0.39, 0.29) is 6.42 Å². The number of rotatable bonds is 6. The van der Waals surface area contributed by atoms with Crippen molar-refractivity contribution in [2.75, 3.05) is 14.2 Å². The van der Waals surface area contributed by atoms with Gasteiger partial charge in [0, 0.05) is 0 Å². The van der Waals surface area contributed by atoms with E-state index in [1.807, 2.05) is 6.07 Å². The molecule has 0 heterocycles. The molecule has 1 rings (SSSR count). The minimum absolute atomic E-state index is 0.255. The molecule has 110 valence electrons. The minimum Gasteiger partial charge on any atom is -0.493 e. The molecule has 0 unspecified atom stereocenters. The van der Waals surface area contributed by atoms with Crippen molar-refractivity contribution in [3.8, 4) is 17.6 Å². The molecule has 0 spiro atoms. The van der Waals surface area contributed by atoms with Crippen molar-refractivity contribution in [2.24, 2.45) is 0 Å². The van der Waals surface area contributed by atoms with Crippen molar-refractivity contribution in [3.63, 3.8) is 0 Å². The smallest absolute Gasteiger partial charge is 0.343 e. The number of allylic oxidation sites excluding steroid dienone is 3. The van der Waals surface area contributed by atoms with Gasteiger partial charge in [-0.2, -0.15) is 5.26 Å². The Labute approximate surface area is 124 Å². The summed E-state index contributed by atoms with van der Waals surface area (Å²) in [6.07, 6.45) is 5.11. The van der Waals surface area contributed by atoms with Gasteiger partial charge in [-0.15, -0.1) is 0 Å². The molecular weight excluding hydrogens is 270 g/mol. The lowest BCUT2D eigenvalue weighted by atomic mass is 10.2. The van der Waals surface area contributed by atoms with Gasteiger partial charge in [-0.05, 0) is 37.3 Å². The predicted molar refractivity (Wildman–Crippen MR) is 78.1 cm³/mol. The number of hydrogen-bond acceptors (Lipinski definition) is 5. The normalized spacial score (nSPS) is 11.0. The SMILES string of the molecule is C/C=C(\C=C/CC#N)OC(=O)c1ccc(OC)c(OC)c1. The van der Waals surface area contributed by atoms with Gasteiger partial charge >= 0.3 is 5.97 Å². The maximum Gasteiger partial charge on any atom is 0.343 e. The standard InChI is InChI=1S/C16H17NO4/c1-4-13(7-5-6-10-17)21-16(18)12-8-9-14(19-2)15(11-12)20-3/h4-5,7-9,11H,6H2,1-3H3/b7-5-,13-4+. The van der Waals surface area contributed by atoms with Crippen LogP contribution in [0, 0.1) is 11.3 Å². The summed E-state index contributed by atoms with van der Waals surface area (Å²) in [5, 5.41) is 8.46. The van der Waals surface area contributed by atoms with Crippen LogP contribution < -0.4 is 9.47 Å². The van der Waals surface area contributed by atoms with E-state index in [1.54, 1.807) is 43.4 Å². The van der Waals surface area contributed by atoms with Crippen LogP contribution in [0.3, 0.4) is 0 Å². The molecule has 0 bridgehead atoms. The van der Waals surface area contributed by atoms with Crippen LogP contribution in [0.15, 0.2) is 42.2 Å². The molecule has 0 aliphatic carbocycles. The van der Waals surface area contributed by atoms with E-state index in [9.17, 15) is 4.79 Å². The van der Waals surface area contributed by atoms with E-state index in [2.05, 4.69) is 0 Å². The minimum atomic E-state index is -0.509. The maximum atomic E-state index is 12.1. The highest BCUT2D eigenvalue weighted by Crippen LogP contribution is 2.28. The second-order valence-electron chi connectivity index (χ2n) is 3.91. The van der Waals surface area contributed by atoms with Crippen LogP contribution in [-0.2, 0) is 4.74 Å². The molecule has 0 fully saturated rings. The van der Waals surface area contributed by atoms with Crippen LogP contribution in [0.2, 0.25) is 0 Å². The topological polar surface area (TPSA) is 68.5 Å². The van der Waals surface area contributed by atoms with Crippen LogP contribution in [-0.4, -0.2) is 20.2 Å². The average Bonchev–Trinajstić information content (AvgIpc) is 2.53. The number of benzene rings is 1. The average molecular weight is 287 g/mol. The largest absolute Gasteiger partial charge is 0.493 e. The van der Waals surface area contributed by atoms with Gasteiger partial charge in [0.25, 0.3) is 0 Å². The molecule has 0 N–H and O–H groups in total. The molecule has 0 saturated heterocycles. The third kappa shape index (κ3) is 4.69. The van der Waals surface area contributed by atoms with Gasteiger partial charge in [0.05, 0.1) is 32.3 Å². The number of carbonyl (C=O) groups is 1. The monoisotopic (exact) mass is 287 g/mol. The molecule has 21 heavy (non-hydrogen) atoms. The van der Waals surface area contributed by atoms with Gasteiger partial charge in [-0.1, -0.05) is 6.08 Å². The first kappa shape index (κ1) is 16.3. The number of nitriles is 1. The van der Waals surface area contributed by atoms with Crippen LogP contribution in [0.5, 0.6) is 11.5 Å². The molecule has 1 aromatic rings. The van der Waals surface area contributed by atoms with Gasteiger partial charge in [-0.3, -0.25) is 0 Å². The lowest BCUT2D eigenvalue weighted by Gasteiger charge is -2.09. The highest BCUT2D eigenvalue weighted by Gasteiger charge is 2.12. The highest BCUT2D eigenvalue weighted by atomic mass is 16.5. The second-order valence-corrected chi connectivity index (χ2v) is 3.91. The lowest BCUT2D eigenvalue weighted by Crippen LogP contribution is -2.05. The molecule has 5 nitrogen and oxygen atoms in total. The Morgan fingerprint density at radius 2 is 2.00 bits per heavy atom. The van der Waals surface area contributed by atoms with E-state index < -0.39 is 5.97 Å². The highest BCUT2D eigenvalue weighted by molar-refractivity contribution is 5.91. The van der Waals surface area contributed by atoms with Crippen molar-refractivity contribution in [1.29, 1.82) is 5.26 Å². The van der Waals surface area contributed by atoms with Crippen molar-refractivity contribution in [1.82, 2.24) is 0 Å². The summed E-state index contributed by atoms with van der Waals surface area (Å²) >= 11 is 0. The second kappa shape index (κ2) is 8.43. The fraction of sp³-hybridized carbons (Fsp3) is 0.250. The molecule has 5 heteroatoms. The summed E-state index contributed by atoms with van der Waals surface area (Å²) in [6.45, 7) is 1.74. The Hall–Kier alpha value is -2.74. The number of hydrogen-bond donors (Lipinski definition) is 0. The molecular formula is C16H17NO4. The summed E-state index contributed by atoms with van der Waals surface area (Å²) in [5.74, 6) is 0.860. The van der Waals surface area contributed by atoms with Gasteiger partial charge in [0.15, 0.2) is 11.5 Å². The van der Waals surface area contributed by atoms with Crippen molar-refractivity contribution < 1.29 is 19.0 Å². The van der Waals surface area contributed by atoms with Crippen molar-refractivity contribution >= 4 is 5.97 Å². The predicted octanol–water partition coefficient (Wildman–Crippen LogP) is 3.23. The summed E-state index contributed by atoms with van der Waals surface area (Å²) in [5.41, 5.74) is 0.348. The van der Waals surface area contributed by atoms with Crippen molar-refractivity contribution in [2.45, 2.75) is 13.3 Å². The molecule has 1 aromatic carbocycles. The summed E-state index contributed by atoms with van der Waals surface area (Å²) in [7, 11) is 3.02. The zero-order chi connectivity index (χ0) is 15.7. The van der Waals surface area contributed by atoms with E-state index >= 15 is 0 Å². The molecule has 0 aliphatic heterocycles. The Balaban J connectivity index is 2.86. The van der Waals surface area contributed by atoms with E-state index in [0.29, 0.717) is 22.8 Å². The Bertz CT molecular complexity index is 597. The molecule has 0 saturated carbocycles. The molecule has 0 atom stereocenters. The first-order valence-corrected chi connectivity index (χ1v) is 6.30. The van der Waals surface area contributed by atoms with Gasteiger partial charge in [0.1, 0.15) is 5.76 Å². The van der Waals surface area contributed by atoms with E-state index in [0.717, 1.165) is 0 Å². The number of methoxy groups -OCH3 is 2. The van der Waals surface area contributed by atoms with Gasteiger partial charge in [0.2, 0.25) is 0 Å². The maximum absolute atomic E-state index is 12.1. The third-order valence-corrected chi connectivity index (χ3v) is 2.61. The summed E-state index contributed by atoms with van der Waals surface area (Å²) in [6, 6.07) is 6.75. The number of carbonyl (C=O) groups excluding carboxylic acids is 1. The fourth-order valence-corrected chi connectivity index (χ4v) is 1.55. The molecule has 0 amide bonds. The first-order chi connectivity index (χ1) is 10.2. The van der Waals surface area contributed by atoms with Crippen LogP contribution in [0.1, 0.15) is 23.7 Å². The van der Waals surface area contributed by atoms with E-state index in [1.165, 1.54) is 14.2 Å². The molecule has 0 aromatic heterocycles. The van der Waals surface area contributed by atoms with E-state index in [4.69, 9.17) is 19.5 Å². The quantitative estimate of drug-likeness (QED) is 0.456. The molecule has 0 radical (unpaired) electrons. The first-order valence-electron chi connectivity index (χ1n) is 6.30. The van der Waals surface area contributed by atoms with Crippen LogP contribution in [0.4, 0.5) is 0 Å². The Morgan fingerprint density at radius 1 is 1.29 bits per heavy atom. The molecule has 0 aliphatic rings. The zero-order valence-corrected chi connectivity index (χ0v) is 12.3. The summed E-state index contributed by atoms with van der Waals surface area (Å²) < 4.78 is 15.5. The number of ether oxygens (including phenoxy) is 3. The zero-order valence-electron chi connectivity index (χ0n) is 12.3. The lowest BCUT2D eigenvalue weighted by molar-refractivity contribution is 0.0636. The third-order valence-electron chi connectivity index (χ3n) is 2.61. The fourth-order valence-electron chi connectivity index (χ4n) is 1.55. The van der Waals surface area contributed by atoms with Crippen LogP contribution in [0.25, 0.3) is 0 Å². The Morgan fingerprint density at radius 3 is 2.57 bits per heavy atom. The van der Waals surface area contributed by atoms with Gasteiger partial charge < -0.3 is 14.2 Å². The van der Waals surface area contributed by atoms with Crippen molar-refractivity contribution in [3.05, 3.63) is 47.7 Å².